The summed E-state index contributed by atoms with van der Waals surface area (Å²) in [7, 11) is 1.75. The first-order chi connectivity index (χ1) is 12.3. The van der Waals surface area contributed by atoms with Crippen molar-refractivity contribution in [1.29, 1.82) is 0 Å². The number of hydrogen-bond acceptors (Lipinski definition) is 3. The summed E-state index contributed by atoms with van der Waals surface area (Å²) in [5, 5.41) is 24.3. The second kappa shape index (κ2) is 7.01. The van der Waals surface area contributed by atoms with E-state index in [9.17, 15) is 19.0 Å². The van der Waals surface area contributed by atoms with E-state index in [-0.39, 0.29) is 11.3 Å². The fourth-order valence-electron chi connectivity index (χ4n) is 3.04. The Morgan fingerprint density at radius 1 is 1.15 bits per heavy atom. The fourth-order valence-corrected chi connectivity index (χ4v) is 3.29. The predicted molar refractivity (Wildman–Crippen MR) is 98.4 cm³/mol. The normalized spacial score (nSPS) is 18.7. The number of halogens is 2. The molecule has 1 heterocycles. The van der Waals surface area contributed by atoms with Crippen LogP contribution in [0.15, 0.2) is 53.7 Å². The first-order valence-electron chi connectivity index (χ1n) is 7.96. The van der Waals surface area contributed by atoms with E-state index in [4.69, 9.17) is 12.2 Å². The van der Waals surface area contributed by atoms with Crippen LogP contribution in [0.2, 0.25) is 0 Å². The standard InChI is InChI=1S/C19H18F2N2O2S/c1-10-16(18(25)12-6-7-14(20)15(21)9-12)17(22-19(26)23(10)2)11-4-3-5-13(24)8-11/h3-9,17-18,24-25H,1-2H3,(H,22,26)/t17-,18+/m1/s1. The van der Waals surface area contributed by atoms with Gasteiger partial charge in [0.2, 0.25) is 0 Å². The van der Waals surface area contributed by atoms with E-state index < -0.39 is 23.8 Å². The lowest BCUT2D eigenvalue weighted by atomic mass is 9.88. The second-order valence-corrected chi connectivity index (χ2v) is 6.54. The summed E-state index contributed by atoms with van der Waals surface area (Å²) in [5.41, 5.74) is 2.15. The van der Waals surface area contributed by atoms with Gasteiger partial charge in [0.25, 0.3) is 0 Å². The fraction of sp³-hybridized carbons (Fsp3) is 0.211. The van der Waals surface area contributed by atoms with Gasteiger partial charge in [-0.1, -0.05) is 18.2 Å². The first kappa shape index (κ1) is 18.3. The van der Waals surface area contributed by atoms with Gasteiger partial charge < -0.3 is 20.4 Å². The third kappa shape index (κ3) is 3.27. The van der Waals surface area contributed by atoms with Crippen LogP contribution in [-0.2, 0) is 0 Å². The van der Waals surface area contributed by atoms with Gasteiger partial charge in [-0.25, -0.2) is 8.78 Å². The van der Waals surface area contributed by atoms with Crippen LogP contribution < -0.4 is 5.32 Å². The number of thiocarbonyl (C=S) groups is 1. The number of phenols is 1. The quantitative estimate of drug-likeness (QED) is 0.716. The number of benzene rings is 2. The Labute approximate surface area is 155 Å². The molecule has 136 valence electrons. The molecule has 0 unspecified atom stereocenters. The van der Waals surface area contributed by atoms with Gasteiger partial charge in [-0.15, -0.1) is 0 Å². The van der Waals surface area contributed by atoms with Gasteiger partial charge in [0, 0.05) is 18.3 Å². The third-order valence-corrected chi connectivity index (χ3v) is 4.95. The van der Waals surface area contributed by atoms with Crippen LogP contribution in [0.25, 0.3) is 0 Å². The van der Waals surface area contributed by atoms with Gasteiger partial charge in [-0.2, -0.15) is 0 Å². The van der Waals surface area contributed by atoms with Crippen molar-refractivity contribution in [3.8, 4) is 5.75 Å². The van der Waals surface area contributed by atoms with E-state index in [2.05, 4.69) is 5.32 Å². The summed E-state index contributed by atoms with van der Waals surface area (Å²) in [5.74, 6) is -1.92. The number of phenolic OH excluding ortho intramolecular Hbond substituents is 1. The molecule has 1 aliphatic rings. The molecule has 2 aromatic rings. The van der Waals surface area contributed by atoms with Crippen LogP contribution in [0.3, 0.4) is 0 Å². The van der Waals surface area contributed by atoms with Gasteiger partial charge in [0.15, 0.2) is 16.7 Å². The lowest BCUT2D eigenvalue weighted by Gasteiger charge is -2.38. The van der Waals surface area contributed by atoms with Gasteiger partial charge in [0.1, 0.15) is 11.9 Å². The average Bonchev–Trinajstić information content (AvgIpc) is 2.61. The zero-order chi connectivity index (χ0) is 19.0. The molecule has 2 atom stereocenters. The smallest absolute Gasteiger partial charge is 0.173 e. The van der Waals surface area contributed by atoms with E-state index in [1.54, 1.807) is 43.1 Å². The Kier molecular flexibility index (Phi) is 4.93. The topological polar surface area (TPSA) is 55.7 Å². The molecular formula is C19H18F2N2O2S. The number of hydrogen-bond donors (Lipinski definition) is 3. The number of aliphatic hydroxyl groups is 1. The highest BCUT2D eigenvalue weighted by atomic mass is 32.1. The van der Waals surface area contributed by atoms with Gasteiger partial charge in [-0.05, 0) is 54.5 Å². The van der Waals surface area contributed by atoms with E-state index in [1.807, 2.05) is 0 Å². The maximum atomic E-state index is 13.6. The maximum Gasteiger partial charge on any atom is 0.173 e. The monoisotopic (exact) mass is 376 g/mol. The molecule has 3 N–H and O–H groups in total. The number of nitrogens with zero attached hydrogens (tertiary/aromatic N) is 1. The lowest BCUT2D eigenvalue weighted by Crippen LogP contribution is -2.45. The highest BCUT2D eigenvalue weighted by Crippen LogP contribution is 2.39. The summed E-state index contributed by atoms with van der Waals surface area (Å²) < 4.78 is 26.9. The van der Waals surface area contributed by atoms with E-state index in [0.29, 0.717) is 21.9 Å². The number of aliphatic hydroxyl groups excluding tert-OH is 1. The van der Waals surface area contributed by atoms with Crippen molar-refractivity contribution in [3.63, 3.8) is 0 Å². The Hall–Kier alpha value is -2.51. The summed E-state index contributed by atoms with van der Waals surface area (Å²) >= 11 is 5.34. The van der Waals surface area contributed by atoms with Crippen LogP contribution in [0.4, 0.5) is 8.78 Å². The first-order valence-corrected chi connectivity index (χ1v) is 8.37. The molecule has 0 aliphatic carbocycles. The number of allylic oxidation sites excluding steroid dienone is 1. The molecular weight excluding hydrogens is 358 g/mol. The number of nitrogens with one attached hydrogen (secondary N) is 1. The largest absolute Gasteiger partial charge is 0.508 e. The van der Waals surface area contributed by atoms with Crippen LogP contribution in [0.1, 0.15) is 30.2 Å². The van der Waals surface area contributed by atoms with Crippen molar-refractivity contribution < 1.29 is 19.0 Å². The number of rotatable bonds is 3. The summed E-state index contributed by atoms with van der Waals surface area (Å²) in [6.45, 7) is 1.79. The molecule has 2 aromatic carbocycles. The van der Waals surface area contributed by atoms with Crippen molar-refractivity contribution in [1.82, 2.24) is 10.2 Å². The molecule has 1 aliphatic heterocycles. The molecule has 0 aromatic heterocycles. The van der Waals surface area contributed by atoms with Crippen molar-refractivity contribution >= 4 is 17.3 Å². The molecule has 0 saturated heterocycles. The molecule has 0 fully saturated rings. The molecule has 0 spiro atoms. The van der Waals surface area contributed by atoms with Crippen molar-refractivity contribution in [2.24, 2.45) is 0 Å². The summed E-state index contributed by atoms with van der Waals surface area (Å²) in [4.78, 5) is 1.70. The van der Waals surface area contributed by atoms with Crippen molar-refractivity contribution in [3.05, 3.63) is 76.5 Å². The zero-order valence-electron chi connectivity index (χ0n) is 14.2. The molecule has 26 heavy (non-hydrogen) atoms. The summed E-state index contributed by atoms with van der Waals surface area (Å²) in [6.07, 6.45) is -1.18. The predicted octanol–water partition coefficient (Wildman–Crippen LogP) is 3.54. The Morgan fingerprint density at radius 2 is 1.88 bits per heavy atom. The van der Waals surface area contributed by atoms with Crippen LogP contribution >= 0.6 is 12.2 Å². The minimum absolute atomic E-state index is 0.0773. The molecule has 7 heteroatoms. The number of aromatic hydroxyl groups is 1. The molecule has 0 bridgehead atoms. The Bertz CT molecular complexity index is 901. The minimum Gasteiger partial charge on any atom is -0.508 e. The highest BCUT2D eigenvalue weighted by Gasteiger charge is 2.33. The molecule has 0 amide bonds. The van der Waals surface area contributed by atoms with Crippen LogP contribution in [0.5, 0.6) is 5.75 Å². The van der Waals surface area contributed by atoms with Crippen molar-refractivity contribution in [2.75, 3.05) is 7.05 Å². The Balaban J connectivity index is 2.11. The van der Waals surface area contributed by atoms with E-state index in [1.165, 1.54) is 6.07 Å². The van der Waals surface area contributed by atoms with Crippen LogP contribution in [0, 0.1) is 11.6 Å². The Morgan fingerprint density at radius 3 is 2.54 bits per heavy atom. The van der Waals surface area contributed by atoms with Gasteiger partial charge in [0.05, 0.1) is 6.04 Å². The second-order valence-electron chi connectivity index (χ2n) is 6.15. The molecule has 0 radical (unpaired) electrons. The van der Waals surface area contributed by atoms with Gasteiger partial charge in [-0.3, -0.25) is 0 Å². The average molecular weight is 376 g/mol. The van der Waals surface area contributed by atoms with E-state index in [0.717, 1.165) is 12.1 Å². The molecule has 0 saturated carbocycles. The van der Waals surface area contributed by atoms with Crippen molar-refractivity contribution in [2.45, 2.75) is 19.1 Å². The lowest BCUT2D eigenvalue weighted by molar-refractivity contribution is 0.198. The summed E-state index contributed by atoms with van der Waals surface area (Å²) in [6, 6.07) is 9.37. The molecule has 3 rings (SSSR count). The minimum atomic E-state index is -1.18. The molecule has 4 nitrogen and oxygen atoms in total. The van der Waals surface area contributed by atoms with E-state index >= 15 is 0 Å². The highest BCUT2D eigenvalue weighted by molar-refractivity contribution is 7.80. The van der Waals surface area contributed by atoms with Gasteiger partial charge >= 0.3 is 0 Å². The maximum absolute atomic E-state index is 13.6. The zero-order valence-corrected chi connectivity index (χ0v) is 15.0. The SMILES string of the molecule is CC1=C([C@@H](O)c2ccc(F)c(F)c2)[C@@H](c2cccc(O)c2)NC(=S)N1C. The van der Waals surface area contributed by atoms with Crippen LogP contribution in [-0.4, -0.2) is 27.3 Å². The third-order valence-electron chi connectivity index (χ3n) is 4.56.